The van der Waals surface area contributed by atoms with Gasteiger partial charge in [-0.25, -0.2) is 15.0 Å². The molecular weight excluding hydrogens is 773 g/mol. The minimum Gasteiger partial charge on any atom is -0.456 e. The third kappa shape index (κ3) is 5.69. The Balaban J connectivity index is 0.951. The highest BCUT2D eigenvalue weighted by atomic mass is 16.3. The van der Waals surface area contributed by atoms with Gasteiger partial charge in [0.2, 0.25) is 0 Å². The van der Waals surface area contributed by atoms with Gasteiger partial charge >= 0.3 is 0 Å². The molecule has 0 saturated heterocycles. The first-order valence-electron chi connectivity index (χ1n) is 21.1. The summed E-state index contributed by atoms with van der Waals surface area (Å²) in [6.45, 7) is 0. The summed E-state index contributed by atoms with van der Waals surface area (Å²) in [7, 11) is 0. The van der Waals surface area contributed by atoms with Crippen LogP contribution < -0.4 is 0 Å². The van der Waals surface area contributed by atoms with Gasteiger partial charge in [0.15, 0.2) is 23.1 Å². The number of nitrogens with zero attached hydrogens (tertiary/aromatic N) is 4. The summed E-state index contributed by atoms with van der Waals surface area (Å²) < 4.78 is 15.7. The van der Waals surface area contributed by atoms with Gasteiger partial charge in [0.25, 0.3) is 0 Å². The molecule has 0 atom stereocenters. The third-order valence-electron chi connectivity index (χ3n) is 12.3. The van der Waals surface area contributed by atoms with Crippen molar-refractivity contribution in [3.05, 3.63) is 206 Å². The lowest BCUT2D eigenvalue weighted by Gasteiger charge is -2.09. The van der Waals surface area contributed by atoms with Crippen LogP contribution in [0, 0.1) is 0 Å². The number of fused-ring (bicyclic) bond motifs is 9. The fourth-order valence-electron chi connectivity index (χ4n) is 9.31. The average Bonchev–Trinajstić information content (AvgIpc) is 4.03. The molecule has 0 N–H and O–H groups in total. The van der Waals surface area contributed by atoms with E-state index in [0.29, 0.717) is 17.5 Å². The van der Waals surface area contributed by atoms with Gasteiger partial charge in [-0.2, -0.15) is 0 Å². The summed E-state index contributed by atoms with van der Waals surface area (Å²) in [6.07, 6.45) is 0. The van der Waals surface area contributed by atoms with Crippen LogP contribution in [0.4, 0.5) is 0 Å². The van der Waals surface area contributed by atoms with Crippen LogP contribution in [-0.4, -0.2) is 19.5 Å². The van der Waals surface area contributed by atoms with E-state index in [0.717, 1.165) is 88.4 Å². The first-order chi connectivity index (χ1) is 31.2. The van der Waals surface area contributed by atoms with Crippen LogP contribution in [-0.2, 0) is 0 Å². The van der Waals surface area contributed by atoms with Crippen LogP contribution >= 0.6 is 0 Å². The van der Waals surface area contributed by atoms with Crippen molar-refractivity contribution in [2.24, 2.45) is 0 Å². The lowest BCUT2D eigenvalue weighted by atomic mass is 9.99. The molecule has 6 heteroatoms. The smallest absolute Gasteiger partial charge is 0.164 e. The number of benzene rings is 9. The van der Waals surface area contributed by atoms with E-state index in [1.54, 1.807) is 0 Å². The van der Waals surface area contributed by atoms with Crippen molar-refractivity contribution < 1.29 is 8.83 Å². The molecule has 0 unspecified atom stereocenters. The molecule has 9 aromatic carbocycles. The van der Waals surface area contributed by atoms with Crippen molar-refractivity contribution in [1.82, 2.24) is 19.5 Å². The number of hydrogen-bond acceptors (Lipinski definition) is 5. The molecule has 0 bridgehead atoms. The Morgan fingerprint density at radius 1 is 0.317 bits per heavy atom. The van der Waals surface area contributed by atoms with Crippen LogP contribution in [0.3, 0.4) is 0 Å². The van der Waals surface area contributed by atoms with Gasteiger partial charge in [-0.15, -0.1) is 0 Å². The molecule has 6 nitrogen and oxygen atoms in total. The molecular formula is C57H34N4O2. The van der Waals surface area contributed by atoms with Gasteiger partial charge in [0.05, 0.1) is 16.7 Å². The monoisotopic (exact) mass is 806 g/mol. The molecule has 0 radical (unpaired) electrons. The Hall–Kier alpha value is -8.61. The Morgan fingerprint density at radius 3 is 1.63 bits per heavy atom. The van der Waals surface area contributed by atoms with Crippen LogP contribution in [0.2, 0.25) is 0 Å². The largest absolute Gasteiger partial charge is 0.456 e. The highest BCUT2D eigenvalue weighted by Gasteiger charge is 2.21. The van der Waals surface area contributed by atoms with Crippen LogP contribution in [0.1, 0.15) is 0 Å². The zero-order valence-electron chi connectivity index (χ0n) is 33.7. The van der Waals surface area contributed by atoms with E-state index in [9.17, 15) is 0 Å². The minimum atomic E-state index is 0.550. The van der Waals surface area contributed by atoms with Crippen molar-refractivity contribution in [3.8, 4) is 62.1 Å². The van der Waals surface area contributed by atoms with Gasteiger partial charge in [0, 0.05) is 49.0 Å². The van der Waals surface area contributed by atoms with Crippen molar-refractivity contribution >= 4 is 65.7 Å². The quantitative estimate of drug-likeness (QED) is 0.167. The maximum absolute atomic E-state index is 6.90. The highest BCUT2D eigenvalue weighted by Crippen LogP contribution is 2.41. The molecule has 0 aliphatic carbocycles. The molecule has 0 spiro atoms. The second kappa shape index (κ2) is 14.0. The Morgan fingerprint density at radius 2 is 0.889 bits per heavy atom. The standard InChI is InChI=1S/C57H34N4O2/c1-4-14-35(15-5-1)38-28-31-48-46(32-38)42-20-10-11-23-47(42)61(48)49-24-12-22-44-43-29-26-39(33-51(43)63-54(44)49)56-58-55(37-18-8-3-9-19-37)59-57(60-56)40-27-30-45-52(34-40)62-50-25-13-21-41(53(45)50)36-16-6-2-7-17-36/h1-34H. The topological polar surface area (TPSA) is 69.9 Å². The average molecular weight is 807 g/mol. The van der Waals surface area contributed by atoms with Gasteiger partial charge in [-0.3, -0.25) is 0 Å². The summed E-state index contributed by atoms with van der Waals surface area (Å²) in [6, 6.07) is 71.5. The van der Waals surface area contributed by atoms with E-state index in [1.807, 2.05) is 54.6 Å². The van der Waals surface area contributed by atoms with Crippen LogP contribution in [0.15, 0.2) is 215 Å². The van der Waals surface area contributed by atoms with Crippen molar-refractivity contribution in [2.45, 2.75) is 0 Å². The van der Waals surface area contributed by atoms with Crippen molar-refractivity contribution in [1.29, 1.82) is 0 Å². The predicted octanol–water partition coefficient (Wildman–Crippen LogP) is 15.1. The first kappa shape index (κ1) is 35.2. The lowest BCUT2D eigenvalue weighted by Crippen LogP contribution is -2.00. The molecule has 0 fully saturated rings. The highest BCUT2D eigenvalue weighted by molar-refractivity contribution is 6.14. The van der Waals surface area contributed by atoms with Gasteiger partial charge < -0.3 is 13.4 Å². The zero-order valence-corrected chi connectivity index (χ0v) is 33.7. The SMILES string of the molecule is c1ccc(-c2ccc3c(c2)c2ccccc2n3-c2cccc3c2oc2cc(-c4nc(-c5ccccc5)nc(-c5ccc6c(c5)oc5cccc(-c7ccccc7)c56)n4)ccc23)cc1. The Bertz CT molecular complexity index is 3900. The van der Waals surface area contributed by atoms with Crippen LogP contribution in [0.5, 0.6) is 0 Å². The predicted molar refractivity (Wildman–Crippen MR) is 256 cm³/mol. The molecule has 13 rings (SSSR count). The Labute approximate surface area is 361 Å². The van der Waals surface area contributed by atoms with E-state index in [2.05, 4.69) is 156 Å². The van der Waals surface area contributed by atoms with Gasteiger partial charge in [-0.1, -0.05) is 152 Å². The first-order valence-corrected chi connectivity index (χ1v) is 21.1. The summed E-state index contributed by atoms with van der Waals surface area (Å²) in [5.74, 6) is 1.69. The van der Waals surface area contributed by atoms with Gasteiger partial charge in [-0.05, 0) is 76.9 Å². The molecule has 0 aliphatic heterocycles. The van der Waals surface area contributed by atoms with E-state index in [-0.39, 0.29) is 0 Å². The minimum absolute atomic E-state index is 0.550. The van der Waals surface area contributed by atoms with E-state index < -0.39 is 0 Å². The summed E-state index contributed by atoms with van der Waals surface area (Å²) in [4.78, 5) is 15.2. The molecule has 63 heavy (non-hydrogen) atoms. The number of aromatic nitrogens is 4. The van der Waals surface area contributed by atoms with Crippen LogP contribution in [0.25, 0.3) is 128 Å². The molecule has 0 amide bonds. The maximum atomic E-state index is 6.90. The number of hydrogen-bond donors (Lipinski definition) is 0. The fourth-order valence-corrected chi connectivity index (χ4v) is 9.31. The fraction of sp³-hybridized carbons (Fsp3) is 0. The molecule has 294 valence electrons. The molecule has 4 heterocycles. The number of furan rings is 2. The normalized spacial score (nSPS) is 11.8. The van der Waals surface area contributed by atoms with E-state index in [1.165, 1.54) is 21.9 Å². The third-order valence-corrected chi connectivity index (χ3v) is 12.3. The summed E-state index contributed by atoms with van der Waals surface area (Å²) in [5.41, 5.74) is 13.6. The molecule has 13 aromatic rings. The maximum Gasteiger partial charge on any atom is 0.164 e. The number of para-hydroxylation sites is 2. The van der Waals surface area contributed by atoms with Crippen molar-refractivity contribution in [3.63, 3.8) is 0 Å². The number of rotatable bonds is 6. The zero-order chi connectivity index (χ0) is 41.4. The lowest BCUT2D eigenvalue weighted by molar-refractivity contribution is 0.666. The molecule has 4 aromatic heterocycles. The molecule has 0 saturated carbocycles. The van der Waals surface area contributed by atoms with Gasteiger partial charge in [0.1, 0.15) is 16.7 Å². The van der Waals surface area contributed by atoms with Crippen molar-refractivity contribution in [2.75, 3.05) is 0 Å². The Kier molecular flexibility index (Phi) is 7.80. The summed E-state index contributed by atoms with van der Waals surface area (Å²) in [5, 5.41) is 6.57. The second-order valence-electron chi connectivity index (χ2n) is 15.9. The molecule has 0 aliphatic rings. The summed E-state index contributed by atoms with van der Waals surface area (Å²) >= 11 is 0. The van der Waals surface area contributed by atoms with E-state index >= 15 is 0 Å². The second-order valence-corrected chi connectivity index (χ2v) is 15.9. The van der Waals surface area contributed by atoms with E-state index in [4.69, 9.17) is 23.8 Å².